The summed E-state index contributed by atoms with van der Waals surface area (Å²) >= 11 is 8.27. The predicted octanol–water partition coefficient (Wildman–Crippen LogP) is 4.93. The van der Waals surface area contributed by atoms with Crippen molar-refractivity contribution >= 4 is 53.2 Å². The Balaban J connectivity index is 2.33. The fourth-order valence-corrected chi connectivity index (χ4v) is 5.87. The van der Waals surface area contributed by atoms with Crippen LogP contribution >= 0.6 is 43.2 Å². The Morgan fingerprint density at radius 1 is 1.19 bits per heavy atom. The van der Waals surface area contributed by atoms with Crippen LogP contribution in [0.2, 0.25) is 0 Å². The molecule has 3 nitrogen and oxygen atoms in total. The molecule has 2 aromatic rings. The molecule has 7 heteroatoms. The summed E-state index contributed by atoms with van der Waals surface area (Å²) in [4.78, 5) is 2.54. The van der Waals surface area contributed by atoms with E-state index in [1.807, 2.05) is 26.8 Å². The second kappa shape index (κ2) is 6.50. The molecule has 0 amide bonds. The Bertz CT molecular complexity index is 769. The van der Waals surface area contributed by atoms with Gasteiger partial charge in [-0.05, 0) is 66.5 Å². The van der Waals surface area contributed by atoms with Gasteiger partial charge in [-0.2, -0.15) is 0 Å². The van der Waals surface area contributed by atoms with Crippen LogP contribution in [0.1, 0.15) is 28.3 Å². The van der Waals surface area contributed by atoms with Crippen LogP contribution in [0.5, 0.6) is 0 Å². The van der Waals surface area contributed by atoms with Crippen molar-refractivity contribution in [3.8, 4) is 0 Å². The predicted molar refractivity (Wildman–Crippen MR) is 94.4 cm³/mol. The van der Waals surface area contributed by atoms with Gasteiger partial charge in [-0.15, -0.1) is 11.3 Å². The summed E-state index contributed by atoms with van der Waals surface area (Å²) in [5.41, 5.74) is 1.02. The lowest BCUT2D eigenvalue weighted by Gasteiger charge is -2.15. The van der Waals surface area contributed by atoms with Crippen LogP contribution in [0.25, 0.3) is 0 Å². The molecule has 2 rings (SSSR count). The van der Waals surface area contributed by atoms with Crippen LogP contribution < -0.4 is 4.72 Å². The molecule has 1 aromatic carbocycles. The van der Waals surface area contributed by atoms with Crippen LogP contribution in [0.4, 0.5) is 0 Å². The van der Waals surface area contributed by atoms with Gasteiger partial charge in [-0.25, -0.2) is 13.1 Å². The number of sulfonamides is 1. The largest absolute Gasteiger partial charge is 0.242 e. The first-order chi connectivity index (χ1) is 9.70. The number of nitrogens with one attached hydrogen (secondary N) is 1. The van der Waals surface area contributed by atoms with Gasteiger partial charge in [0.25, 0.3) is 0 Å². The molecular formula is C14H15Br2NO2S2. The Labute approximate surface area is 146 Å². The zero-order chi connectivity index (χ0) is 15.8. The van der Waals surface area contributed by atoms with E-state index in [2.05, 4.69) is 36.6 Å². The highest BCUT2D eigenvalue weighted by Crippen LogP contribution is 2.30. The van der Waals surface area contributed by atoms with Gasteiger partial charge < -0.3 is 0 Å². The van der Waals surface area contributed by atoms with Crippen molar-refractivity contribution in [2.75, 3.05) is 0 Å². The average molecular weight is 453 g/mol. The normalized spacial score (nSPS) is 13.4. The third kappa shape index (κ3) is 3.96. The monoisotopic (exact) mass is 451 g/mol. The van der Waals surface area contributed by atoms with Gasteiger partial charge in [0, 0.05) is 24.7 Å². The molecule has 1 unspecified atom stereocenters. The van der Waals surface area contributed by atoms with Gasteiger partial charge in [-0.3, -0.25) is 0 Å². The van der Waals surface area contributed by atoms with Gasteiger partial charge in [-0.1, -0.05) is 15.9 Å². The van der Waals surface area contributed by atoms with Gasteiger partial charge in [0.2, 0.25) is 10.0 Å². The molecule has 21 heavy (non-hydrogen) atoms. The van der Waals surface area contributed by atoms with Gasteiger partial charge in [0.05, 0.1) is 4.90 Å². The number of aryl methyl sites for hydroxylation is 2. The summed E-state index contributed by atoms with van der Waals surface area (Å²) in [5.74, 6) is 0. The lowest BCUT2D eigenvalue weighted by Crippen LogP contribution is -2.27. The van der Waals surface area contributed by atoms with E-state index < -0.39 is 10.0 Å². The van der Waals surface area contributed by atoms with E-state index in [9.17, 15) is 8.42 Å². The second-order valence-electron chi connectivity index (χ2n) is 4.79. The van der Waals surface area contributed by atoms with E-state index in [0.717, 1.165) is 14.9 Å². The van der Waals surface area contributed by atoms with Crippen molar-refractivity contribution in [3.63, 3.8) is 0 Å². The quantitative estimate of drug-likeness (QED) is 0.714. The van der Waals surface area contributed by atoms with Crippen molar-refractivity contribution in [1.29, 1.82) is 0 Å². The Morgan fingerprint density at radius 3 is 2.43 bits per heavy atom. The van der Waals surface area contributed by atoms with Crippen molar-refractivity contribution in [1.82, 2.24) is 4.72 Å². The zero-order valence-electron chi connectivity index (χ0n) is 11.8. The molecular weight excluding hydrogens is 438 g/mol. The van der Waals surface area contributed by atoms with E-state index in [0.29, 0.717) is 4.47 Å². The van der Waals surface area contributed by atoms with Crippen molar-refractivity contribution < 1.29 is 8.42 Å². The summed E-state index contributed by atoms with van der Waals surface area (Å²) in [7, 11) is -3.59. The number of rotatable bonds is 4. The number of hydrogen-bond donors (Lipinski definition) is 1. The number of halogens is 2. The van der Waals surface area contributed by atoms with Crippen LogP contribution in [-0.2, 0) is 10.0 Å². The van der Waals surface area contributed by atoms with E-state index in [1.54, 1.807) is 29.5 Å². The number of thiophene rings is 1. The average Bonchev–Trinajstić information content (AvgIpc) is 2.71. The van der Waals surface area contributed by atoms with E-state index in [-0.39, 0.29) is 10.9 Å². The maximum absolute atomic E-state index is 12.5. The minimum absolute atomic E-state index is 0.230. The molecule has 0 spiro atoms. The van der Waals surface area contributed by atoms with E-state index in [1.165, 1.54) is 4.88 Å². The molecule has 1 atom stereocenters. The molecule has 0 bridgehead atoms. The molecule has 0 aliphatic carbocycles. The Kier molecular flexibility index (Phi) is 5.31. The smallest absolute Gasteiger partial charge is 0.207 e. The second-order valence-corrected chi connectivity index (χ2v) is 9.70. The maximum atomic E-state index is 12.5. The molecule has 114 valence electrons. The Morgan fingerprint density at radius 2 is 1.86 bits per heavy atom. The fourth-order valence-electron chi connectivity index (χ4n) is 2.12. The maximum Gasteiger partial charge on any atom is 0.242 e. The first-order valence-corrected chi connectivity index (χ1v) is 10.1. The molecule has 1 aromatic heterocycles. The molecule has 1 N–H and O–H groups in total. The van der Waals surface area contributed by atoms with Gasteiger partial charge in [0.15, 0.2) is 0 Å². The molecule has 0 aliphatic heterocycles. The molecule has 1 heterocycles. The first kappa shape index (κ1) is 17.1. The van der Waals surface area contributed by atoms with Gasteiger partial charge in [0.1, 0.15) is 0 Å². The molecule has 0 saturated heterocycles. The lowest BCUT2D eigenvalue weighted by atomic mass is 10.1. The third-order valence-corrected chi connectivity index (χ3v) is 7.07. The van der Waals surface area contributed by atoms with E-state index in [4.69, 9.17) is 0 Å². The highest BCUT2D eigenvalue weighted by atomic mass is 79.9. The van der Waals surface area contributed by atoms with Crippen molar-refractivity contribution in [2.24, 2.45) is 0 Å². The summed E-state index contributed by atoms with van der Waals surface area (Å²) in [5, 5.41) is 0. The van der Waals surface area contributed by atoms with E-state index >= 15 is 0 Å². The third-order valence-electron chi connectivity index (χ3n) is 3.06. The van der Waals surface area contributed by atoms with Crippen molar-refractivity contribution in [3.05, 3.63) is 48.5 Å². The summed E-state index contributed by atoms with van der Waals surface area (Å²) in [6.07, 6.45) is 0. The minimum atomic E-state index is -3.59. The highest BCUT2D eigenvalue weighted by molar-refractivity contribution is 9.11. The molecule has 0 fully saturated rings. The van der Waals surface area contributed by atoms with Crippen LogP contribution in [0.15, 0.2) is 38.1 Å². The lowest BCUT2D eigenvalue weighted by molar-refractivity contribution is 0.566. The summed E-state index contributed by atoms with van der Waals surface area (Å²) in [6, 6.07) is 6.85. The van der Waals surface area contributed by atoms with Crippen LogP contribution in [-0.4, -0.2) is 8.42 Å². The molecule has 0 radical (unpaired) electrons. The summed E-state index contributed by atoms with van der Waals surface area (Å²) in [6.45, 7) is 5.89. The highest BCUT2D eigenvalue weighted by Gasteiger charge is 2.22. The van der Waals surface area contributed by atoms with Gasteiger partial charge >= 0.3 is 0 Å². The van der Waals surface area contributed by atoms with Crippen molar-refractivity contribution in [2.45, 2.75) is 31.7 Å². The SMILES string of the molecule is Cc1cc(C(C)NS(=O)(=O)c2cc(Br)ccc2Br)c(C)s1. The Hall–Kier alpha value is -0.210. The number of hydrogen-bond acceptors (Lipinski definition) is 3. The summed E-state index contributed by atoms with van der Waals surface area (Å²) < 4.78 is 29.1. The topological polar surface area (TPSA) is 46.2 Å². The molecule has 0 saturated carbocycles. The standard InChI is InChI=1S/C14H15Br2NO2S2/c1-8-6-12(10(3)20-8)9(2)17-21(18,19)14-7-11(15)4-5-13(14)16/h4-7,9,17H,1-3H3. The zero-order valence-corrected chi connectivity index (χ0v) is 16.6. The molecule has 0 aliphatic rings. The minimum Gasteiger partial charge on any atom is -0.207 e. The van der Waals surface area contributed by atoms with Crippen LogP contribution in [0, 0.1) is 13.8 Å². The van der Waals surface area contributed by atoms with Crippen LogP contribution in [0.3, 0.4) is 0 Å². The first-order valence-electron chi connectivity index (χ1n) is 6.25. The number of benzene rings is 1. The fraction of sp³-hybridized carbons (Fsp3) is 0.286.